The third-order valence-electron chi connectivity index (χ3n) is 3.50. The molecule has 2 aromatic heterocycles. The van der Waals surface area contributed by atoms with E-state index in [4.69, 9.17) is 0 Å². The number of sulfone groups is 1. The first-order chi connectivity index (χ1) is 9.11. The summed E-state index contributed by atoms with van der Waals surface area (Å²) in [5, 5.41) is 3.00. The molecule has 1 unspecified atom stereocenters. The molecular weight excluding hydrogens is 282 g/mol. The van der Waals surface area contributed by atoms with Crippen molar-refractivity contribution < 1.29 is 8.42 Å². The Morgan fingerprint density at radius 2 is 2.32 bits per heavy atom. The lowest BCUT2D eigenvalue weighted by atomic mass is 10.2. The highest BCUT2D eigenvalue weighted by Gasteiger charge is 2.32. The van der Waals surface area contributed by atoms with Gasteiger partial charge in [-0.15, -0.1) is 11.3 Å². The van der Waals surface area contributed by atoms with E-state index in [-0.39, 0.29) is 17.5 Å². The van der Waals surface area contributed by atoms with Crippen LogP contribution in [-0.4, -0.2) is 42.5 Å². The van der Waals surface area contributed by atoms with Gasteiger partial charge in [0.05, 0.1) is 16.9 Å². The molecule has 1 atom stereocenters. The molecule has 0 amide bonds. The van der Waals surface area contributed by atoms with Gasteiger partial charge in [-0.3, -0.25) is 0 Å². The molecule has 102 valence electrons. The summed E-state index contributed by atoms with van der Waals surface area (Å²) in [5.74, 6) is 1.37. The lowest BCUT2D eigenvalue weighted by Gasteiger charge is -2.28. The normalized spacial score (nSPS) is 21.8. The second kappa shape index (κ2) is 4.72. The Hall–Kier alpha value is -1.21. The number of rotatable bonds is 3. The van der Waals surface area contributed by atoms with Crippen LogP contribution < -0.4 is 4.90 Å². The predicted octanol–water partition coefficient (Wildman–Crippen LogP) is 1.70. The number of hydrogen-bond acceptors (Lipinski definition) is 6. The number of nitrogens with zero attached hydrogens (tertiary/aromatic N) is 3. The van der Waals surface area contributed by atoms with Gasteiger partial charge in [-0.1, -0.05) is 0 Å². The van der Waals surface area contributed by atoms with Crippen molar-refractivity contribution in [1.29, 1.82) is 0 Å². The molecule has 1 fully saturated rings. The third-order valence-corrected chi connectivity index (χ3v) is 6.07. The summed E-state index contributed by atoms with van der Waals surface area (Å²) >= 11 is 1.58. The van der Waals surface area contributed by atoms with Gasteiger partial charge in [-0.25, -0.2) is 18.4 Å². The van der Waals surface area contributed by atoms with Gasteiger partial charge in [0.15, 0.2) is 9.84 Å². The minimum absolute atomic E-state index is 0.0352. The highest BCUT2D eigenvalue weighted by molar-refractivity contribution is 7.91. The number of anilines is 1. The molecule has 0 radical (unpaired) electrons. The first-order valence-electron chi connectivity index (χ1n) is 6.26. The van der Waals surface area contributed by atoms with Crippen molar-refractivity contribution in [3.8, 4) is 0 Å². The molecule has 1 aliphatic heterocycles. The second-order valence-electron chi connectivity index (χ2n) is 4.68. The summed E-state index contributed by atoms with van der Waals surface area (Å²) in [6, 6.07) is 2.04. The molecular formula is C12H15N3O2S2. The van der Waals surface area contributed by atoms with Gasteiger partial charge in [0.2, 0.25) is 0 Å². The molecule has 0 aromatic carbocycles. The molecule has 0 aliphatic carbocycles. The number of fused-ring (bicyclic) bond motifs is 1. The van der Waals surface area contributed by atoms with E-state index in [1.54, 1.807) is 17.7 Å². The molecule has 2 aromatic rings. The van der Waals surface area contributed by atoms with Gasteiger partial charge in [0.25, 0.3) is 0 Å². The number of hydrogen-bond donors (Lipinski definition) is 0. The zero-order chi connectivity index (χ0) is 13.5. The quantitative estimate of drug-likeness (QED) is 0.863. The fourth-order valence-electron chi connectivity index (χ4n) is 2.61. The van der Waals surface area contributed by atoms with Crippen molar-refractivity contribution >= 4 is 37.2 Å². The van der Waals surface area contributed by atoms with Crippen molar-refractivity contribution in [3.05, 3.63) is 17.8 Å². The molecule has 7 heteroatoms. The average molecular weight is 297 g/mol. The maximum Gasteiger partial charge on any atom is 0.152 e. The van der Waals surface area contributed by atoms with E-state index in [0.29, 0.717) is 6.42 Å². The van der Waals surface area contributed by atoms with E-state index in [0.717, 1.165) is 22.6 Å². The first kappa shape index (κ1) is 12.8. The summed E-state index contributed by atoms with van der Waals surface area (Å²) in [6.07, 6.45) is 2.24. The molecule has 1 aliphatic rings. The van der Waals surface area contributed by atoms with Crippen molar-refractivity contribution in [2.24, 2.45) is 0 Å². The molecule has 3 heterocycles. The minimum atomic E-state index is -2.88. The van der Waals surface area contributed by atoms with Crippen molar-refractivity contribution in [2.75, 3.05) is 23.0 Å². The second-order valence-corrected chi connectivity index (χ2v) is 7.80. The fourth-order valence-corrected chi connectivity index (χ4v) is 5.07. The molecule has 0 N–H and O–H groups in total. The smallest absolute Gasteiger partial charge is 0.152 e. The Morgan fingerprint density at radius 1 is 1.47 bits per heavy atom. The third kappa shape index (κ3) is 2.32. The van der Waals surface area contributed by atoms with Crippen LogP contribution in [0.5, 0.6) is 0 Å². The molecule has 19 heavy (non-hydrogen) atoms. The lowest BCUT2D eigenvalue weighted by molar-refractivity contribution is 0.599. The SMILES string of the molecule is CCN(c1ncnc2sccc12)C1CCS(=O)(=O)C1. The van der Waals surface area contributed by atoms with E-state index < -0.39 is 9.84 Å². The van der Waals surface area contributed by atoms with Crippen LogP contribution in [0.15, 0.2) is 17.8 Å². The Kier molecular flexibility index (Phi) is 3.18. The van der Waals surface area contributed by atoms with E-state index in [1.807, 2.05) is 18.4 Å². The van der Waals surface area contributed by atoms with Crippen molar-refractivity contribution in [3.63, 3.8) is 0 Å². The summed E-state index contributed by atoms with van der Waals surface area (Å²) in [7, 11) is -2.88. The molecule has 1 saturated heterocycles. The minimum Gasteiger partial charge on any atom is -0.352 e. The Morgan fingerprint density at radius 3 is 3.00 bits per heavy atom. The molecule has 0 spiro atoms. The van der Waals surface area contributed by atoms with Crippen LogP contribution in [0, 0.1) is 0 Å². The zero-order valence-corrected chi connectivity index (χ0v) is 12.2. The Bertz CT molecular complexity index is 696. The van der Waals surface area contributed by atoms with E-state index in [1.165, 1.54) is 0 Å². The highest BCUT2D eigenvalue weighted by atomic mass is 32.2. The van der Waals surface area contributed by atoms with Crippen LogP contribution >= 0.6 is 11.3 Å². The fraction of sp³-hybridized carbons (Fsp3) is 0.500. The molecule has 5 nitrogen and oxygen atoms in total. The Labute approximate surface area is 116 Å². The van der Waals surface area contributed by atoms with Crippen molar-refractivity contribution in [1.82, 2.24) is 9.97 Å². The average Bonchev–Trinajstić information content (AvgIpc) is 2.97. The monoisotopic (exact) mass is 297 g/mol. The highest BCUT2D eigenvalue weighted by Crippen LogP contribution is 2.30. The van der Waals surface area contributed by atoms with E-state index in [9.17, 15) is 8.42 Å². The summed E-state index contributed by atoms with van der Waals surface area (Å²) in [4.78, 5) is 11.7. The van der Waals surface area contributed by atoms with Crippen LogP contribution in [-0.2, 0) is 9.84 Å². The first-order valence-corrected chi connectivity index (χ1v) is 8.96. The molecule has 0 saturated carbocycles. The molecule has 3 rings (SSSR count). The summed E-state index contributed by atoms with van der Waals surface area (Å²) in [6.45, 7) is 2.79. The van der Waals surface area contributed by atoms with E-state index >= 15 is 0 Å². The maximum atomic E-state index is 11.6. The van der Waals surface area contributed by atoms with Crippen molar-refractivity contribution in [2.45, 2.75) is 19.4 Å². The largest absolute Gasteiger partial charge is 0.352 e. The standard InChI is InChI=1S/C12H15N3O2S2/c1-2-15(9-4-6-19(16,17)7-9)11-10-3-5-18-12(10)14-8-13-11/h3,5,8-9H,2,4,6-7H2,1H3. The van der Waals surface area contributed by atoms with Gasteiger partial charge in [-0.05, 0) is 24.8 Å². The summed E-state index contributed by atoms with van der Waals surface area (Å²) in [5.41, 5.74) is 0. The van der Waals surface area contributed by atoms with Gasteiger partial charge in [0, 0.05) is 12.6 Å². The zero-order valence-electron chi connectivity index (χ0n) is 10.6. The number of thiophene rings is 1. The van der Waals surface area contributed by atoms with Crippen LogP contribution in [0.4, 0.5) is 5.82 Å². The van der Waals surface area contributed by atoms with Crippen LogP contribution in [0.1, 0.15) is 13.3 Å². The van der Waals surface area contributed by atoms with Gasteiger partial charge < -0.3 is 4.90 Å². The lowest BCUT2D eigenvalue weighted by Crippen LogP contribution is -2.36. The van der Waals surface area contributed by atoms with Crippen LogP contribution in [0.2, 0.25) is 0 Å². The van der Waals surface area contributed by atoms with Gasteiger partial charge in [0.1, 0.15) is 17.0 Å². The predicted molar refractivity (Wildman–Crippen MR) is 77.5 cm³/mol. The maximum absolute atomic E-state index is 11.6. The van der Waals surface area contributed by atoms with Gasteiger partial charge >= 0.3 is 0 Å². The van der Waals surface area contributed by atoms with Crippen LogP contribution in [0.25, 0.3) is 10.2 Å². The van der Waals surface area contributed by atoms with Crippen LogP contribution in [0.3, 0.4) is 0 Å². The van der Waals surface area contributed by atoms with E-state index in [2.05, 4.69) is 14.9 Å². The van der Waals surface area contributed by atoms with Gasteiger partial charge in [-0.2, -0.15) is 0 Å². The Balaban J connectivity index is 2.01. The number of aromatic nitrogens is 2. The molecule has 0 bridgehead atoms. The summed E-state index contributed by atoms with van der Waals surface area (Å²) < 4.78 is 23.3. The topological polar surface area (TPSA) is 63.2 Å².